The molecule has 1 aromatic carbocycles. The van der Waals surface area contributed by atoms with Gasteiger partial charge in [0.25, 0.3) is 0 Å². The highest BCUT2D eigenvalue weighted by molar-refractivity contribution is 5.32. The van der Waals surface area contributed by atoms with Crippen LogP contribution in [-0.2, 0) is 12.8 Å². The lowest BCUT2D eigenvalue weighted by molar-refractivity contribution is 0.0480. The SMILES string of the molecule is CC(C)C1CCCN1C1(CN)CCc2ccccc2C1. The molecule has 2 unspecified atom stereocenters. The summed E-state index contributed by atoms with van der Waals surface area (Å²) >= 11 is 0. The van der Waals surface area contributed by atoms with Crippen LogP contribution in [0.2, 0.25) is 0 Å². The average molecular weight is 272 g/mol. The van der Waals surface area contributed by atoms with Gasteiger partial charge in [-0.25, -0.2) is 0 Å². The fourth-order valence-electron chi connectivity index (χ4n) is 4.40. The lowest BCUT2D eigenvalue weighted by Crippen LogP contribution is -2.59. The van der Waals surface area contributed by atoms with Crippen molar-refractivity contribution in [3.8, 4) is 0 Å². The Balaban J connectivity index is 1.90. The molecule has 1 aromatic rings. The third kappa shape index (κ3) is 2.29. The second kappa shape index (κ2) is 5.50. The molecule has 1 aliphatic heterocycles. The minimum absolute atomic E-state index is 0.208. The molecule has 0 spiro atoms. The first kappa shape index (κ1) is 14.1. The van der Waals surface area contributed by atoms with Crippen molar-refractivity contribution in [3.05, 3.63) is 35.4 Å². The Hall–Kier alpha value is -0.860. The van der Waals surface area contributed by atoms with Gasteiger partial charge in [0, 0.05) is 18.1 Å². The maximum absolute atomic E-state index is 6.30. The third-order valence-corrected chi connectivity index (χ3v) is 5.56. The van der Waals surface area contributed by atoms with E-state index in [1.807, 2.05) is 0 Å². The lowest BCUT2D eigenvalue weighted by atomic mass is 9.76. The van der Waals surface area contributed by atoms with Gasteiger partial charge in [0.15, 0.2) is 0 Å². The normalized spacial score (nSPS) is 30.7. The standard InChI is InChI=1S/C18H28N2/c1-14(2)17-8-5-11-20(17)18(13-19)10-9-15-6-3-4-7-16(15)12-18/h3-4,6-7,14,17H,5,8-13,19H2,1-2H3. The maximum atomic E-state index is 6.30. The zero-order valence-electron chi connectivity index (χ0n) is 12.9. The summed E-state index contributed by atoms with van der Waals surface area (Å²) < 4.78 is 0. The number of likely N-dealkylation sites (tertiary alicyclic amines) is 1. The van der Waals surface area contributed by atoms with Crippen molar-refractivity contribution in [2.45, 2.75) is 57.5 Å². The van der Waals surface area contributed by atoms with Gasteiger partial charge in [-0.1, -0.05) is 38.1 Å². The summed E-state index contributed by atoms with van der Waals surface area (Å²) in [5, 5.41) is 0. The van der Waals surface area contributed by atoms with Crippen molar-refractivity contribution in [2.24, 2.45) is 11.7 Å². The number of benzene rings is 1. The van der Waals surface area contributed by atoms with E-state index in [0.29, 0.717) is 0 Å². The molecule has 1 saturated heterocycles. The Bertz CT molecular complexity index is 468. The molecule has 2 nitrogen and oxygen atoms in total. The van der Waals surface area contributed by atoms with Gasteiger partial charge < -0.3 is 5.73 Å². The minimum atomic E-state index is 0.208. The number of rotatable bonds is 3. The maximum Gasteiger partial charge on any atom is 0.0378 e. The molecule has 0 radical (unpaired) electrons. The summed E-state index contributed by atoms with van der Waals surface area (Å²) in [4.78, 5) is 2.77. The van der Waals surface area contributed by atoms with Crippen LogP contribution in [0.1, 0.15) is 44.2 Å². The molecule has 2 aliphatic rings. The topological polar surface area (TPSA) is 29.3 Å². The van der Waals surface area contributed by atoms with Gasteiger partial charge in [-0.3, -0.25) is 4.90 Å². The summed E-state index contributed by atoms with van der Waals surface area (Å²) in [6, 6.07) is 9.67. The summed E-state index contributed by atoms with van der Waals surface area (Å²) in [6.45, 7) is 6.76. The number of nitrogens with two attached hydrogens (primary N) is 1. The number of hydrogen-bond donors (Lipinski definition) is 1. The van der Waals surface area contributed by atoms with Gasteiger partial charge in [-0.2, -0.15) is 0 Å². The number of nitrogens with zero attached hydrogens (tertiary/aromatic N) is 1. The van der Waals surface area contributed by atoms with Gasteiger partial charge in [-0.05, 0) is 55.7 Å². The van der Waals surface area contributed by atoms with E-state index >= 15 is 0 Å². The van der Waals surface area contributed by atoms with Gasteiger partial charge in [0.05, 0.1) is 0 Å². The van der Waals surface area contributed by atoms with E-state index in [2.05, 4.69) is 43.0 Å². The van der Waals surface area contributed by atoms with E-state index in [4.69, 9.17) is 5.73 Å². The number of fused-ring (bicyclic) bond motifs is 1. The molecule has 0 saturated carbocycles. The van der Waals surface area contributed by atoms with Crippen molar-refractivity contribution < 1.29 is 0 Å². The average Bonchev–Trinajstić information content (AvgIpc) is 2.97. The first-order valence-electron chi connectivity index (χ1n) is 8.20. The van der Waals surface area contributed by atoms with Crippen LogP contribution in [-0.4, -0.2) is 29.6 Å². The molecule has 2 atom stereocenters. The zero-order valence-corrected chi connectivity index (χ0v) is 12.9. The highest BCUT2D eigenvalue weighted by atomic mass is 15.3. The van der Waals surface area contributed by atoms with Crippen LogP contribution < -0.4 is 5.73 Å². The van der Waals surface area contributed by atoms with E-state index in [-0.39, 0.29) is 5.54 Å². The van der Waals surface area contributed by atoms with Crippen LogP contribution in [0.5, 0.6) is 0 Å². The molecule has 1 heterocycles. The van der Waals surface area contributed by atoms with E-state index in [9.17, 15) is 0 Å². The highest BCUT2D eigenvalue weighted by Gasteiger charge is 2.44. The van der Waals surface area contributed by atoms with Crippen LogP contribution >= 0.6 is 0 Å². The fourth-order valence-corrected chi connectivity index (χ4v) is 4.40. The Morgan fingerprint density at radius 2 is 2.05 bits per heavy atom. The molecular weight excluding hydrogens is 244 g/mol. The Labute approximate surface area is 123 Å². The third-order valence-electron chi connectivity index (χ3n) is 5.56. The molecule has 2 N–H and O–H groups in total. The van der Waals surface area contributed by atoms with Crippen molar-refractivity contribution >= 4 is 0 Å². The first-order chi connectivity index (χ1) is 9.66. The molecule has 1 aliphatic carbocycles. The molecule has 110 valence electrons. The second-order valence-electron chi connectivity index (χ2n) is 7.02. The first-order valence-corrected chi connectivity index (χ1v) is 8.20. The summed E-state index contributed by atoms with van der Waals surface area (Å²) in [6.07, 6.45) is 6.24. The fraction of sp³-hybridized carbons (Fsp3) is 0.667. The Kier molecular flexibility index (Phi) is 3.87. The Morgan fingerprint density at radius 3 is 2.75 bits per heavy atom. The van der Waals surface area contributed by atoms with Gasteiger partial charge >= 0.3 is 0 Å². The monoisotopic (exact) mass is 272 g/mol. The molecule has 0 aromatic heterocycles. The van der Waals surface area contributed by atoms with E-state index in [1.54, 1.807) is 0 Å². The highest BCUT2D eigenvalue weighted by Crippen LogP contribution is 2.38. The summed E-state index contributed by atoms with van der Waals surface area (Å²) in [5.41, 5.74) is 9.57. The minimum Gasteiger partial charge on any atom is -0.329 e. The molecule has 1 fully saturated rings. The van der Waals surface area contributed by atoms with Crippen LogP contribution in [0.4, 0.5) is 0 Å². The molecular formula is C18H28N2. The molecule has 0 amide bonds. The lowest BCUT2D eigenvalue weighted by Gasteiger charge is -2.48. The Morgan fingerprint density at radius 1 is 1.30 bits per heavy atom. The van der Waals surface area contributed by atoms with Crippen molar-refractivity contribution in [3.63, 3.8) is 0 Å². The van der Waals surface area contributed by atoms with Gasteiger partial charge in [0.1, 0.15) is 0 Å². The predicted octanol–water partition coefficient (Wildman–Crippen LogP) is 2.99. The molecule has 3 rings (SSSR count). The van der Waals surface area contributed by atoms with Crippen molar-refractivity contribution in [2.75, 3.05) is 13.1 Å². The van der Waals surface area contributed by atoms with Crippen molar-refractivity contribution in [1.29, 1.82) is 0 Å². The smallest absolute Gasteiger partial charge is 0.0378 e. The van der Waals surface area contributed by atoms with Gasteiger partial charge in [-0.15, -0.1) is 0 Å². The number of hydrogen-bond acceptors (Lipinski definition) is 2. The van der Waals surface area contributed by atoms with Crippen LogP contribution in [0.3, 0.4) is 0 Å². The summed E-state index contributed by atoms with van der Waals surface area (Å²) in [7, 11) is 0. The van der Waals surface area contributed by atoms with Crippen molar-refractivity contribution in [1.82, 2.24) is 4.90 Å². The molecule has 0 bridgehead atoms. The van der Waals surface area contributed by atoms with Gasteiger partial charge in [0.2, 0.25) is 0 Å². The quantitative estimate of drug-likeness (QED) is 0.916. The van der Waals surface area contributed by atoms with E-state index < -0.39 is 0 Å². The summed E-state index contributed by atoms with van der Waals surface area (Å²) in [5.74, 6) is 0.734. The number of aryl methyl sites for hydroxylation is 1. The van der Waals surface area contributed by atoms with Crippen LogP contribution in [0.15, 0.2) is 24.3 Å². The van der Waals surface area contributed by atoms with Crippen LogP contribution in [0.25, 0.3) is 0 Å². The second-order valence-corrected chi connectivity index (χ2v) is 7.02. The van der Waals surface area contributed by atoms with Crippen LogP contribution in [0, 0.1) is 5.92 Å². The van der Waals surface area contributed by atoms with E-state index in [0.717, 1.165) is 24.9 Å². The largest absolute Gasteiger partial charge is 0.329 e. The zero-order chi connectivity index (χ0) is 14.2. The molecule has 2 heteroatoms. The van der Waals surface area contributed by atoms with E-state index in [1.165, 1.54) is 43.4 Å². The predicted molar refractivity (Wildman–Crippen MR) is 84.8 cm³/mol. The molecule has 20 heavy (non-hydrogen) atoms.